The Morgan fingerprint density at radius 2 is 2.10 bits per heavy atom. The molecule has 1 amide bonds. The van der Waals surface area contributed by atoms with Gasteiger partial charge in [-0.15, -0.1) is 0 Å². The Bertz CT molecular complexity index is 1140. The highest BCUT2D eigenvalue weighted by molar-refractivity contribution is 6.02. The van der Waals surface area contributed by atoms with E-state index in [1.165, 1.54) is 11.0 Å². The largest absolute Gasteiger partial charge is 0.405 e. The van der Waals surface area contributed by atoms with Gasteiger partial charge in [-0.3, -0.25) is 14.5 Å². The predicted octanol–water partition coefficient (Wildman–Crippen LogP) is 4.06. The lowest BCUT2D eigenvalue weighted by molar-refractivity contribution is -0.119. The van der Waals surface area contributed by atoms with Crippen molar-refractivity contribution in [3.8, 4) is 11.1 Å². The Morgan fingerprint density at radius 3 is 2.84 bits per heavy atom. The number of aromatic nitrogens is 3. The zero-order valence-corrected chi connectivity index (χ0v) is 16.7. The summed E-state index contributed by atoms with van der Waals surface area (Å²) in [6.07, 6.45) is 6.28. The summed E-state index contributed by atoms with van der Waals surface area (Å²) >= 11 is 0. The van der Waals surface area contributed by atoms with Crippen molar-refractivity contribution >= 4 is 23.4 Å². The summed E-state index contributed by atoms with van der Waals surface area (Å²) < 4.78 is 39.8. The molecule has 0 saturated heterocycles. The summed E-state index contributed by atoms with van der Waals surface area (Å²) in [4.78, 5) is 17.8. The maximum absolute atomic E-state index is 12.7. The molecule has 0 saturated carbocycles. The van der Waals surface area contributed by atoms with Crippen molar-refractivity contribution in [1.29, 1.82) is 0 Å². The van der Waals surface area contributed by atoms with Crippen LogP contribution in [0.2, 0.25) is 0 Å². The molecule has 9 heteroatoms. The number of carbonyl (C=O) groups is 1. The Hall–Kier alpha value is -3.62. The number of fused-ring (bicyclic) bond motifs is 1. The van der Waals surface area contributed by atoms with Crippen molar-refractivity contribution in [3.05, 3.63) is 66.3 Å². The van der Waals surface area contributed by atoms with E-state index in [9.17, 15) is 18.0 Å². The molecule has 2 aromatic heterocycles. The molecule has 1 aromatic carbocycles. The molecule has 31 heavy (non-hydrogen) atoms. The van der Waals surface area contributed by atoms with Crippen molar-refractivity contribution in [2.24, 2.45) is 7.05 Å². The minimum Gasteiger partial charge on any atom is -0.362 e. The molecular formula is C22H20F3N5O. The number of halogens is 3. The van der Waals surface area contributed by atoms with Gasteiger partial charge in [0.1, 0.15) is 6.54 Å². The van der Waals surface area contributed by atoms with E-state index in [2.05, 4.69) is 15.4 Å². The van der Waals surface area contributed by atoms with Gasteiger partial charge in [-0.2, -0.15) is 18.3 Å². The summed E-state index contributed by atoms with van der Waals surface area (Å²) in [5.74, 6) is -0.342. The van der Waals surface area contributed by atoms with Crippen LogP contribution in [0, 0.1) is 0 Å². The molecule has 1 aliphatic heterocycles. The molecule has 160 valence electrons. The Morgan fingerprint density at radius 1 is 1.26 bits per heavy atom. The number of carbonyl (C=O) groups excluding carboxylic acids is 1. The summed E-state index contributed by atoms with van der Waals surface area (Å²) in [6.45, 7) is -0.664. The number of alkyl halides is 3. The smallest absolute Gasteiger partial charge is 0.362 e. The van der Waals surface area contributed by atoms with Crippen LogP contribution in [0.3, 0.4) is 0 Å². The SMILES string of the molecule is Cn1cc(-c2ccncc2C=CC(=O)Nc2ccc3c(c2)CCN3CC(F)(F)F)cn1. The lowest BCUT2D eigenvalue weighted by Gasteiger charge is -2.21. The zero-order chi connectivity index (χ0) is 22.0. The van der Waals surface area contributed by atoms with Crippen LogP contribution in [0.15, 0.2) is 55.1 Å². The second-order valence-corrected chi connectivity index (χ2v) is 7.32. The summed E-state index contributed by atoms with van der Waals surface area (Å²) in [5.41, 5.74) is 4.46. The van der Waals surface area contributed by atoms with Gasteiger partial charge in [-0.25, -0.2) is 0 Å². The lowest BCUT2D eigenvalue weighted by Crippen LogP contribution is -2.32. The van der Waals surface area contributed by atoms with Gasteiger partial charge in [0.05, 0.1) is 6.20 Å². The monoisotopic (exact) mass is 427 g/mol. The third kappa shape index (κ3) is 4.93. The van der Waals surface area contributed by atoms with Crippen LogP contribution >= 0.6 is 0 Å². The fourth-order valence-electron chi connectivity index (χ4n) is 3.64. The minimum absolute atomic E-state index is 0.310. The van der Waals surface area contributed by atoms with Gasteiger partial charge >= 0.3 is 6.18 Å². The number of pyridine rings is 1. The van der Waals surface area contributed by atoms with Crippen LogP contribution in [-0.2, 0) is 18.3 Å². The molecule has 0 radical (unpaired) electrons. The number of hydrogen-bond donors (Lipinski definition) is 1. The number of rotatable bonds is 5. The van der Waals surface area contributed by atoms with Crippen molar-refractivity contribution in [2.45, 2.75) is 12.6 Å². The van der Waals surface area contributed by atoms with Gasteiger partial charge in [-0.05, 0) is 47.9 Å². The van der Waals surface area contributed by atoms with Crippen molar-refractivity contribution in [2.75, 3.05) is 23.3 Å². The van der Waals surface area contributed by atoms with E-state index < -0.39 is 12.7 Å². The second kappa shape index (κ2) is 8.25. The zero-order valence-electron chi connectivity index (χ0n) is 16.7. The van der Waals surface area contributed by atoms with Gasteiger partial charge in [0, 0.05) is 60.8 Å². The number of nitrogens with zero attached hydrogens (tertiary/aromatic N) is 4. The molecule has 0 bridgehead atoms. The van der Waals surface area contributed by atoms with E-state index >= 15 is 0 Å². The fourth-order valence-corrected chi connectivity index (χ4v) is 3.64. The standard InChI is InChI=1S/C22H20F3N5O/c1-29-13-17(12-27-29)19-6-8-26-11-16(19)2-5-21(31)28-18-3-4-20-15(10-18)7-9-30(20)14-22(23,24)25/h2-6,8,10-13H,7,9,14H2,1H3,(H,28,31). The highest BCUT2D eigenvalue weighted by atomic mass is 19.4. The predicted molar refractivity (Wildman–Crippen MR) is 113 cm³/mol. The van der Waals surface area contributed by atoms with Gasteiger partial charge in [0.25, 0.3) is 0 Å². The average molecular weight is 427 g/mol. The molecule has 1 N–H and O–H groups in total. The number of anilines is 2. The number of benzene rings is 1. The molecule has 1 aliphatic rings. The molecule has 0 aliphatic carbocycles. The normalized spacial score (nSPS) is 13.6. The Balaban J connectivity index is 1.45. The molecule has 6 nitrogen and oxygen atoms in total. The van der Waals surface area contributed by atoms with Gasteiger partial charge in [0.15, 0.2) is 0 Å². The average Bonchev–Trinajstić information content (AvgIpc) is 3.31. The Labute approximate surface area is 177 Å². The first-order valence-corrected chi connectivity index (χ1v) is 9.65. The van der Waals surface area contributed by atoms with Crippen LogP contribution < -0.4 is 10.2 Å². The second-order valence-electron chi connectivity index (χ2n) is 7.32. The summed E-state index contributed by atoms with van der Waals surface area (Å²) in [5, 5.41) is 6.93. The van der Waals surface area contributed by atoms with Crippen LogP contribution in [0.25, 0.3) is 17.2 Å². The van der Waals surface area contributed by atoms with Gasteiger partial charge in [0.2, 0.25) is 5.91 Å². The van der Waals surface area contributed by atoms with Crippen LogP contribution in [0.5, 0.6) is 0 Å². The highest BCUT2D eigenvalue weighted by Crippen LogP contribution is 2.33. The number of nitrogens with one attached hydrogen (secondary N) is 1. The first-order valence-electron chi connectivity index (χ1n) is 9.65. The van der Waals surface area contributed by atoms with E-state index in [4.69, 9.17) is 0 Å². The maximum Gasteiger partial charge on any atom is 0.405 e. The first-order chi connectivity index (χ1) is 14.8. The molecule has 3 heterocycles. The molecule has 0 spiro atoms. The van der Waals surface area contributed by atoms with Crippen molar-refractivity contribution < 1.29 is 18.0 Å². The molecule has 0 atom stereocenters. The van der Waals surface area contributed by atoms with Crippen LogP contribution in [0.1, 0.15) is 11.1 Å². The molecule has 4 rings (SSSR count). The van der Waals surface area contributed by atoms with E-state index in [1.807, 2.05) is 19.3 Å². The van der Waals surface area contributed by atoms with Crippen LogP contribution in [0.4, 0.5) is 24.5 Å². The number of amides is 1. The molecule has 0 unspecified atom stereocenters. The van der Waals surface area contributed by atoms with Crippen molar-refractivity contribution in [3.63, 3.8) is 0 Å². The van der Waals surface area contributed by atoms with Crippen LogP contribution in [-0.4, -0.2) is 39.9 Å². The van der Waals surface area contributed by atoms with E-state index in [1.54, 1.807) is 47.5 Å². The maximum atomic E-state index is 12.7. The Kier molecular flexibility index (Phi) is 5.50. The highest BCUT2D eigenvalue weighted by Gasteiger charge is 2.33. The topological polar surface area (TPSA) is 63.1 Å². The quantitative estimate of drug-likeness (QED) is 0.624. The minimum atomic E-state index is -4.25. The van der Waals surface area contributed by atoms with E-state index in [0.29, 0.717) is 24.3 Å². The van der Waals surface area contributed by atoms with E-state index in [0.717, 1.165) is 22.3 Å². The molecule has 3 aromatic rings. The van der Waals surface area contributed by atoms with Crippen molar-refractivity contribution in [1.82, 2.24) is 14.8 Å². The number of hydrogen-bond acceptors (Lipinski definition) is 4. The van der Waals surface area contributed by atoms with E-state index in [-0.39, 0.29) is 5.91 Å². The molecule has 0 fully saturated rings. The molecular weight excluding hydrogens is 407 g/mol. The third-order valence-electron chi connectivity index (χ3n) is 4.99. The summed E-state index contributed by atoms with van der Waals surface area (Å²) in [7, 11) is 1.83. The summed E-state index contributed by atoms with van der Waals surface area (Å²) in [6, 6.07) is 6.81. The lowest BCUT2D eigenvalue weighted by atomic mass is 10.0. The van der Waals surface area contributed by atoms with Gasteiger partial charge in [-0.1, -0.05) is 0 Å². The number of aryl methyl sites for hydroxylation is 1. The first kappa shape index (κ1) is 20.6. The van der Waals surface area contributed by atoms with Gasteiger partial charge < -0.3 is 10.2 Å². The fraction of sp³-hybridized carbons (Fsp3) is 0.227. The third-order valence-corrected chi connectivity index (χ3v) is 4.99.